The van der Waals surface area contributed by atoms with Crippen molar-refractivity contribution in [3.05, 3.63) is 69.0 Å². The van der Waals surface area contributed by atoms with Crippen molar-refractivity contribution in [2.24, 2.45) is 0 Å². The average Bonchev–Trinajstić information content (AvgIpc) is 2.63. The maximum Gasteiger partial charge on any atom is 0.331 e. The molecule has 1 amide bonds. The maximum absolute atomic E-state index is 12.6. The molecule has 25 heavy (non-hydrogen) atoms. The molecule has 2 heterocycles. The van der Waals surface area contributed by atoms with E-state index in [0.29, 0.717) is 13.1 Å². The fraction of sp³-hybridized carbons (Fsp3) is 0.389. The molecule has 1 saturated heterocycles. The van der Waals surface area contributed by atoms with Crippen LogP contribution in [-0.2, 0) is 17.9 Å². The lowest BCUT2D eigenvalue weighted by atomic mass is 10.1. The van der Waals surface area contributed by atoms with Gasteiger partial charge in [0.25, 0.3) is 5.56 Å². The number of hydrogen-bond donors (Lipinski definition) is 2. The van der Waals surface area contributed by atoms with Crippen molar-refractivity contribution in [3.8, 4) is 0 Å². The predicted molar refractivity (Wildman–Crippen MR) is 94.5 cm³/mol. The zero-order valence-electron chi connectivity index (χ0n) is 14.0. The number of rotatable bonds is 5. The van der Waals surface area contributed by atoms with Crippen molar-refractivity contribution in [1.29, 1.82) is 0 Å². The van der Waals surface area contributed by atoms with Crippen molar-refractivity contribution < 1.29 is 4.79 Å². The highest BCUT2D eigenvalue weighted by atomic mass is 16.2. The molecular weight excluding hydrogens is 320 g/mol. The molecule has 2 N–H and O–H groups in total. The van der Waals surface area contributed by atoms with Crippen LogP contribution in [0.25, 0.3) is 0 Å². The van der Waals surface area contributed by atoms with Crippen LogP contribution in [0.3, 0.4) is 0 Å². The lowest BCUT2D eigenvalue weighted by molar-refractivity contribution is -0.122. The van der Waals surface area contributed by atoms with Gasteiger partial charge in [-0.2, -0.15) is 0 Å². The summed E-state index contributed by atoms with van der Waals surface area (Å²) in [5, 5.41) is 6.10. The lowest BCUT2D eigenvalue weighted by Gasteiger charge is -2.23. The van der Waals surface area contributed by atoms with Gasteiger partial charge in [0.05, 0.1) is 6.54 Å². The highest BCUT2D eigenvalue weighted by Crippen LogP contribution is 2.01. The summed E-state index contributed by atoms with van der Waals surface area (Å²) < 4.78 is 2.42. The Kier molecular flexibility index (Phi) is 5.45. The van der Waals surface area contributed by atoms with Crippen LogP contribution in [-0.4, -0.2) is 34.2 Å². The van der Waals surface area contributed by atoms with E-state index in [2.05, 4.69) is 10.6 Å². The smallest absolute Gasteiger partial charge is 0.331 e. The molecule has 1 aromatic heterocycles. The van der Waals surface area contributed by atoms with Gasteiger partial charge in [0.2, 0.25) is 5.91 Å². The molecule has 1 atom stereocenters. The van der Waals surface area contributed by atoms with Crippen molar-refractivity contribution in [2.45, 2.75) is 32.0 Å². The zero-order chi connectivity index (χ0) is 17.6. The van der Waals surface area contributed by atoms with Gasteiger partial charge in [-0.25, -0.2) is 4.79 Å². The first-order valence-corrected chi connectivity index (χ1v) is 8.48. The highest BCUT2D eigenvalue weighted by Gasteiger charge is 2.17. The molecule has 7 nitrogen and oxygen atoms in total. The topological polar surface area (TPSA) is 85.1 Å². The standard InChI is InChI=1S/C18H22N4O3/c23-16(20-15-7-4-9-19-11-15)13-22-17(24)8-10-21(18(22)25)12-14-5-2-1-3-6-14/h1-3,5-6,8,10,15,19H,4,7,9,11-13H2,(H,20,23). The molecule has 1 aromatic carbocycles. The monoisotopic (exact) mass is 342 g/mol. The van der Waals surface area contributed by atoms with Crippen LogP contribution in [0.15, 0.2) is 52.2 Å². The van der Waals surface area contributed by atoms with E-state index in [1.807, 2.05) is 30.3 Å². The Morgan fingerprint density at radius 3 is 2.72 bits per heavy atom. The number of carbonyl (C=O) groups is 1. The van der Waals surface area contributed by atoms with E-state index in [1.54, 1.807) is 0 Å². The third-order valence-electron chi connectivity index (χ3n) is 4.30. The van der Waals surface area contributed by atoms with Crippen LogP contribution < -0.4 is 21.9 Å². The van der Waals surface area contributed by atoms with Gasteiger partial charge >= 0.3 is 5.69 Å². The maximum atomic E-state index is 12.6. The van der Waals surface area contributed by atoms with Gasteiger partial charge < -0.3 is 10.6 Å². The first-order chi connectivity index (χ1) is 12.1. The van der Waals surface area contributed by atoms with Gasteiger partial charge in [-0.05, 0) is 24.9 Å². The van der Waals surface area contributed by atoms with Crippen LogP contribution in [0.2, 0.25) is 0 Å². The SMILES string of the molecule is O=C(Cn1c(=O)ccn(Cc2ccccc2)c1=O)NC1CCCNC1. The minimum Gasteiger partial charge on any atom is -0.351 e. The molecule has 0 radical (unpaired) electrons. The molecule has 1 aliphatic heterocycles. The average molecular weight is 342 g/mol. The molecule has 0 bridgehead atoms. The number of carbonyl (C=O) groups excluding carboxylic acids is 1. The van der Waals surface area contributed by atoms with Crippen molar-refractivity contribution >= 4 is 5.91 Å². The largest absolute Gasteiger partial charge is 0.351 e. The molecule has 0 aliphatic carbocycles. The van der Waals surface area contributed by atoms with E-state index in [1.165, 1.54) is 16.8 Å². The summed E-state index contributed by atoms with van der Waals surface area (Å²) in [6.07, 6.45) is 3.37. The van der Waals surface area contributed by atoms with Gasteiger partial charge in [-0.1, -0.05) is 30.3 Å². The molecule has 1 fully saturated rings. The quantitative estimate of drug-likeness (QED) is 0.796. The van der Waals surface area contributed by atoms with E-state index in [9.17, 15) is 14.4 Å². The normalized spacial score (nSPS) is 17.2. The number of nitrogens with zero attached hydrogens (tertiary/aromatic N) is 2. The third-order valence-corrected chi connectivity index (χ3v) is 4.30. The number of benzene rings is 1. The Balaban J connectivity index is 1.74. The summed E-state index contributed by atoms with van der Waals surface area (Å²) in [6.45, 7) is 1.76. The molecule has 0 saturated carbocycles. The van der Waals surface area contributed by atoms with Gasteiger partial charge in [0.15, 0.2) is 0 Å². The van der Waals surface area contributed by atoms with E-state index in [-0.39, 0.29) is 18.5 Å². The fourth-order valence-corrected chi connectivity index (χ4v) is 2.99. The van der Waals surface area contributed by atoms with Gasteiger partial charge in [0.1, 0.15) is 6.54 Å². The Morgan fingerprint density at radius 1 is 1.20 bits per heavy atom. The minimum atomic E-state index is -0.478. The van der Waals surface area contributed by atoms with Crippen LogP contribution in [0, 0.1) is 0 Å². The number of amides is 1. The van der Waals surface area contributed by atoms with Crippen molar-refractivity contribution in [3.63, 3.8) is 0 Å². The number of aromatic nitrogens is 2. The minimum absolute atomic E-state index is 0.0483. The molecule has 1 unspecified atom stereocenters. The van der Waals surface area contributed by atoms with Crippen LogP contribution in [0.5, 0.6) is 0 Å². The summed E-state index contributed by atoms with van der Waals surface area (Å²) in [4.78, 5) is 36.8. The van der Waals surface area contributed by atoms with Crippen LogP contribution in [0.4, 0.5) is 0 Å². The Morgan fingerprint density at radius 2 is 2.00 bits per heavy atom. The zero-order valence-corrected chi connectivity index (χ0v) is 14.0. The summed E-state index contributed by atoms with van der Waals surface area (Å²) in [7, 11) is 0. The van der Waals surface area contributed by atoms with Crippen LogP contribution in [0.1, 0.15) is 18.4 Å². The predicted octanol–water partition coefficient (Wildman–Crippen LogP) is -0.0735. The Hall–Kier alpha value is -2.67. The summed E-state index contributed by atoms with van der Waals surface area (Å²) in [5.41, 5.74) is 0.00651. The van der Waals surface area contributed by atoms with E-state index >= 15 is 0 Å². The lowest BCUT2D eigenvalue weighted by Crippen LogP contribution is -2.49. The van der Waals surface area contributed by atoms with E-state index in [4.69, 9.17) is 0 Å². The molecule has 7 heteroatoms. The third kappa shape index (κ3) is 4.45. The van der Waals surface area contributed by atoms with Gasteiger partial charge in [-0.3, -0.25) is 18.7 Å². The second-order valence-electron chi connectivity index (χ2n) is 6.25. The fourth-order valence-electron chi connectivity index (χ4n) is 2.99. The van der Waals surface area contributed by atoms with Crippen molar-refractivity contribution in [1.82, 2.24) is 19.8 Å². The Bertz CT molecular complexity index is 835. The summed E-state index contributed by atoms with van der Waals surface area (Å²) in [6, 6.07) is 10.9. The number of nitrogens with one attached hydrogen (secondary N) is 2. The summed E-state index contributed by atoms with van der Waals surface area (Å²) in [5.74, 6) is -0.314. The molecule has 0 spiro atoms. The molecule has 3 rings (SSSR count). The van der Waals surface area contributed by atoms with E-state index in [0.717, 1.165) is 29.5 Å². The summed E-state index contributed by atoms with van der Waals surface area (Å²) >= 11 is 0. The highest BCUT2D eigenvalue weighted by molar-refractivity contribution is 5.76. The molecule has 132 valence electrons. The second-order valence-corrected chi connectivity index (χ2v) is 6.25. The van der Waals surface area contributed by atoms with Gasteiger partial charge in [-0.15, -0.1) is 0 Å². The first kappa shape index (κ1) is 17.2. The van der Waals surface area contributed by atoms with Crippen LogP contribution >= 0.6 is 0 Å². The van der Waals surface area contributed by atoms with Crippen molar-refractivity contribution in [2.75, 3.05) is 13.1 Å². The number of piperidine rings is 1. The second kappa shape index (κ2) is 7.94. The Labute approximate surface area is 145 Å². The number of hydrogen-bond acceptors (Lipinski definition) is 4. The first-order valence-electron chi connectivity index (χ1n) is 8.48. The molecule has 1 aliphatic rings. The van der Waals surface area contributed by atoms with Gasteiger partial charge in [0, 0.05) is 24.8 Å². The van der Waals surface area contributed by atoms with E-state index < -0.39 is 11.2 Å². The molecular formula is C18H22N4O3. The molecule has 2 aromatic rings.